The van der Waals surface area contributed by atoms with Crippen molar-refractivity contribution in [2.75, 3.05) is 19.8 Å². The van der Waals surface area contributed by atoms with Crippen LogP contribution in [-0.2, 0) is 22.5 Å². The van der Waals surface area contributed by atoms with Gasteiger partial charge in [0.05, 0.1) is 28.9 Å². The average Bonchev–Trinajstić information content (AvgIpc) is 2.57. The van der Waals surface area contributed by atoms with E-state index in [1.165, 1.54) is 0 Å². The topological polar surface area (TPSA) is 70.1 Å². The van der Waals surface area contributed by atoms with Crippen molar-refractivity contribution in [1.29, 1.82) is 0 Å². The van der Waals surface area contributed by atoms with Crippen LogP contribution in [0.25, 0.3) is 0 Å². The fourth-order valence-electron chi connectivity index (χ4n) is 1.55. The van der Waals surface area contributed by atoms with Gasteiger partial charge >= 0.3 is 0 Å². The summed E-state index contributed by atoms with van der Waals surface area (Å²) < 4.78 is 7.86. The minimum atomic E-state index is 0.0359. The number of halogens is 1. The van der Waals surface area contributed by atoms with E-state index in [-0.39, 0.29) is 12.4 Å². The Bertz CT molecular complexity index is 390. The van der Waals surface area contributed by atoms with Gasteiger partial charge < -0.3 is 10.5 Å². The quantitative estimate of drug-likeness (QED) is 0.765. The first-order chi connectivity index (χ1) is 8.10. The predicted molar refractivity (Wildman–Crippen MR) is 68.9 cm³/mol. The molecular weight excluding hydrogens is 286 g/mol. The SMILES string of the molecule is CCn1nc(C)c(Br)c1CC(=O)COCCN. The molecule has 1 rings (SSSR count). The van der Waals surface area contributed by atoms with Crippen molar-refractivity contribution in [3.8, 4) is 0 Å². The van der Waals surface area contributed by atoms with E-state index in [1.807, 2.05) is 18.5 Å². The predicted octanol–water partition coefficient (Wildman–Crippen LogP) is 1.06. The van der Waals surface area contributed by atoms with Crippen LogP contribution in [0.5, 0.6) is 0 Å². The summed E-state index contributed by atoms with van der Waals surface area (Å²) in [4.78, 5) is 11.7. The van der Waals surface area contributed by atoms with Crippen LogP contribution in [0.15, 0.2) is 4.47 Å². The van der Waals surface area contributed by atoms with Gasteiger partial charge in [0, 0.05) is 13.1 Å². The molecule has 0 unspecified atom stereocenters. The molecule has 0 atom stereocenters. The first-order valence-corrected chi connectivity index (χ1v) is 6.40. The van der Waals surface area contributed by atoms with Crippen LogP contribution in [0.3, 0.4) is 0 Å². The molecule has 0 saturated carbocycles. The number of ketones is 1. The normalized spacial score (nSPS) is 10.8. The van der Waals surface area contributed by atoms with Crippen molar-refractivity contribution in [3.63, 3.8) is 0 Å². The highest BCUT2D eigenvalue weighted by molar-refractivity contribution is 9.10. The van der Waals surface area contributed by atoms with Crippen LogP contribution in [0.4, 0.5) is 0 Å². The molecule has 0 fully saturated rings. The molecule has 1 aromatic rings. The van der Waals surface area contributed by atoms with Crippen molar-refractivity contribution in [2.24, 2.45) is 5.73 Å². The second kappa shape index (κ2) is 6.88. The van der Waals surface area contributed by atoms with Gasteiger partial charge in [0.25, 0.3) is 0 Å². The summed E-state index contributed by atoms with van der Waals surface area (Å²) in [6.45, 7) is 5.62. The Balaban J connectivity index is 2.64. The van der Waals surface area contributed by atoms with Gasteiger partial charge in [-0.05, 0) is 29.8 Å². The van der Waals surface area contributed by atoms with Gasteiger partial charge in [0.2, 0.25) is 0 Å². The van der Waals surface area contributed by atoms with Crippen LogP contribution < -0.4 is 5.73 Å². The number of ether oxygens (including phenoxy) is 1. The molecule has 0 radical (unpaired) electrons. The van der Waals surface area contributed by atoms with Gasteiger partial charge in [0.15, 0.2) is 5.78 Å². The van der Waals surface area contributed by atoms with E-state index >= 15 is 0 Å². The minimum Gasteiger partial charge on any atom is -0.372 e. The van der Waals surface area contributed by atoms with E-state index in [0.717, 1.165) is 22.4 Å². The molecule has 1 heterocycles. The van der Waals surface area contributed by atoms with Crippen LogP contribution in [0, 0.1) is 6.92 Å². The lowest BCUT2D eigenvalue weighted by atomic mass is 10.2. The molecule has 5 nitrogen and oxygen atoms in total. The Hall–Kier alpha value is -0.720. The number of Topliss-reactive ketones (excluding diaryl/α,β-unsaturated/α-hetero) is 1. The number of carbonyl (C=O) groups excluding carboxylic acids is 1. The van der Waals surface area contributed by atoms with Crippen molar-refractivity contribution in [1.82, 2.24) is 9.78 Å². The molecule has 0 aliphatic carbocycles. The third-order valence-corrected chi connectivity index (χ3v) is 3.37. The molecule has 0 aliphatic heterocycles. The van der Waals surface area contributed by atoms with E-state index in [1.54, 1.807) is 0 Å². The summed E-state index contributed by atoms with van der Waals surface area (Å²) in [6, 6.07) is 0. The molecule has 17 heavy (non-hydrogen) atoms. The largest absolute Gasteiger partial charge is 0.372 e. The van der Waals surface area contributed by atoms with Gasteiger partial charge in [-0.2, -0.15) is 5.10 Å². The highest BCUT2D eigenvalue weighted by Gasteiger charge is 2.15. The standard InChI is InChI=1S/C11H18BrN3O2/c1-3-15-10(11(12)8(2)14-15)6-9(16)7-17-5-4-13/h3-7,13H2,1-2H3. The van der Waals surface area contributed by atoms with Crippen LogP contribution in [0.1, 0.15) is 18.3 Å². The maximum absolute atomic E-state index is 11.7. The van der Waals surface area contributed by atoms with E-state index in [9.17, 15) is 4.79 Å². The number of nitrogens with two attached hydrogens (primary N) is 1. The number of carbonyl (C=O) groups is 1. The first kappa shape index (κ1) is 14.3. The molecule has 0 spiro atoms. The highest BCUT2D eigenvalue weighted by atomic mass is 79.9. The maximum Gasteiger partial charge on any atom is 0.164 e. The lowest BCUT2D eigenvalue weighted by Gasteiger charge is -2.05. The summed E-state index contributed by atoms with van der Waals surface area (Å²) in [6.07, 6.45) is 0.333. The molecule has 1 aromatic heterocycles. The molecule has 2 N–H and O–H groups in total. The number of hydrogen-bond acceptors (Lipinski definition) is 4. The average molecular weight is 304 g/mol. The molecule has 0 aliphatic rings. The molecule has 0 amide bonds. The summed E-state index contributed by atoms with van der Waals surface area (Å²) >= 11 is 3.46. The zero-order valence-corrected chi connectivity index (χ0v) is 11.8. The number of hydrogen-bond donors (Lipinski definition) is 1. The van der Waals surface area contributed by atoms with Gasteiger partial charge in [-0.15, -0.1) is 0 Å². The Morgan fingerprint density at radius 1 is 1.59 bits per heavy atom. The van der Waals surface area contributed by atoms with E-state index in [4.69, 9.17) is 10.5 Å². The summed E-state index contributed by atoms with van der Waals surface area (Å²) in [5.41, 5.74) is 7.09. The second-order valence-corrected chi connectivity index (χ2v) is 4.51. The third kappa shape index (κ3) is 3.90. The smallest absolute Gasteiger partial charge is 0.164 e. The summed E-state index contributed by atoms with van der Waals surface area (Å²) in [5, 5.41) is 4.33. The van der Waals surface area contributed by atoms with Crippen LogP contribution in [0.2, 0.25) is 0 Å². The van der Waals surface area contributed by atoms with Crippen LogP contribution >= 0.6 is 15.9 Å². The Kier molecular flexibility index (Phi) is 5.80. The van der Waals surface area contributed by atoms with Crippen molar-refractivity contribution >= 4 is 21.7 Å². The monoisotopic (exact) mass is 303 g/mol. The van der Waals surface area contributed by atoms with Crippen molar-refractivity contribution in [3.05, 3.63) is 15.9 Å². The van der Waals surface area contributed by atoms with E-state index in [2.05, 4.69) is 21.0 Å². The zero-order valence-electron chi connectivity index (χ0n) is 10.2. The lowest BCUT2D eigenvalue weighted by molar-refractivity contribution is -0.122. The summed E-state index contributed by atoms with van der Waals surface area (Å²) in [7, 11) is 0. The molecule has 96 valence electrons. The Morgan fingerprint density at radius 3 is 2.88 bits per heavy atom. The fraction of sp³-hybridized carbons (Fsp3) is 0.636. The number of aromatic nitrogens is 2. The maximum atomic E-state index is 11.7. The summed E-state index contributed by atoms with van der Waals surface area (Å²) in [5.74, 6) is 0.0359. The van der Waals surface area contributed by atoms with Crippen molar-refractivity contribution in [2.45, 2.75) is 26.8 Å². The second-order valence-electron chi connectivity index (χ2n) is 3.72. The third-order valence-electron chi connectivity index (χ3n) is 2.34. The van der Waals surface area contributed by atoms with E-state index < -0.39 is 0 Å². The Labute approximate surface area is 109 Å². The molecule has 0 aromatic carbocycles. The molecule has 0 saturated heterocycles. The van der Waals surface area contributed by atoms with E-state index in [0.29, 0.717) is 19.6 Å². The molecule has 6 heteroatoms. The van der Waals surface area contributed by atoms with Crippen LogP contribution in [-0.4, -0.2) is 35.3 Å². The minimum absolute atomic E-state index is 0.0359. The lowest BCUT2D eigenvalue weighted by Crippen LogP contribution is -2.17. The Morgan fingerprint density at radius 2 is 2.29 bits per heavy atom. The molecular formula is C11H18BrN3O2. The molecule has 0 bridgehead atoms. The number of nitrogens with zero attached hydrogens (tertiary/aromatic N) is 2. The first-order valence-electron chi connectivity index (χ1n) is 5.61. The zero-order chi connectivity index (χ0) is 12.8. The van der Waals surface area contributed by atoms with Crippen molar-refractivity contribution < 1.29 is 9.53 Å². The van der Waals surface area contributed by atoms with Gasteiger partial charge in [-0.25, -0.2) is 0 Å². The number of rotatable bonds is 7. The van der Waals surface area contributed by atoms with Gasteiger partial charge in [-0.3, -0.25) is 9.48 Å². The van der Waals surface area contributed by atoms with Gasteiger partial charge in [0.1, 0.15) is 6.61 Å². The van der Waals surface area contributed by atoms with Gasteiger partial charge in [-0.1, -0.05) is 0 Å². The highest BCUT2D eigenvalue weighted by Crippen LogP contribution is 2.21. The number of aryl methyl sites for hydroxylation is 2. The fourth-order valence-corrected chi connectivity index (χ4v) is 1.97.